The van der Waals surface area contributed by atoms with Crippen LogP contribution in [0.3, 0.4) is 0 Å². The van der Waals surface area contributed by atoms with Crippen LogP contribution in [0.2, 0.25) is 0 Å². The van der Waals surface area contributed by atoms with E-state index in [0.29, 0.717) is 24.5 Å². The highest BCUT2D eigenvalue weighted by molar-refractivity contribution is 7.13. The SMILES string of the molecule is COc1ccc2cc(C(=O)N3CCCC(c4nnc(C(=O)Nc5ccc(F)cc5)s4)C3)[nH]c2c1. The normalized spacial score (nSPS) is 15.9. The Balaban J connectivity index is 1.27. The van der Waals surface area contributed by atoms with Crippen LogP contribution in [0.1, 0.15) is 44.1 Å². The van der Waals surface area contributed by atoms with Crippen LogP contribution in [0.15, 0.2) is 48.5 Å². The first-order valence-corrected chi connectivity index (χ1v) is 11.7. The number of ether oxygens (including phenoxy) is 1. The number of anilines is 1. The van der Waals surface area contributed by atoms with Gasteiger partial charge in [-0.3, -0.25) is 9.59 Å². The highest BCUT2D eigenvalue weighted by Crippen LogP contribution is 2.30. The molecule has 8 nitrogen and oxygen atoms in total. The maximum Gasteiger partial charge on any atom is 0.286 e. The molecule has 174 valence electrons. The van der Waals surface area contributed by atoms with Gasteiger partial charge in [0.2, 0.25) is 5.01 Å². The molecule has 0 radical (unpaired) electrons. The van der Waals surface area contributed by atoms with Gasteiger partial charge in [0.15, 0.2) is 0 Å². The molecule has 1 atom stereocenters. The van der Waals surface area contributed by atoms with E-state index in [1.54, 1.807) is 7.11 Å². The van der Waals surface area contributed by atoms with Crippen molar-refractivity contribution in [2.24, 2.45) is 0 Å². The Morgan fingerprint density at radius 3 is 2.79 bits per heavy atom. The fourth-order valence-corrected chi connectivity index (χ4v) is 4.96. The second-order valence-corrected chi connectivity index (χ2v) is 9.14. The highest BCUT2D eigenvalue weighted by Gasteiger charge is 2.29. The number of H-pyrrole nitrogens is 1. The number of halogens is 1. The number of hydrogen-bond donors (Lipinski definition) is 2. The molecule has 34 heavy (non-hydrogen) atoms. The lowest BCUT2D eigenvalue weighted by Crippen LogP contribution is -2.39. The molecule has 2 aromatic carbocycles. The quantitative estimate of drug-likeness (QED) is 0.441. The molecule has 10 heteroatoms. The number of aromatic amines is 1. The molecule has 3 heterocycles. The average molecular weight is 480 g/mol. The number of carbonyl (C=O) groups is 2. The second kappa shape index (κ2) is 9.22. The van der Waals surface area contributed by atoms with Crippen LogP contribution in [0, 0.1) is 5.82 Å². The van der Waals surface area contributed by atoms with Gasteiger partial charge < -0.3 is 19.9 Å². The predicted octanol–water partition coefficient (Wildman–Crippen LogP) is 4.44. The molecule has 1 aliphatic heterocycles. The summed E-state index contributed by atoms with van der Waals surface area (Å²) in [5.74, 6) is -0.111. The van der Waals surface area contributed by atoms with E-state index in [-0.39, 0.29) is 22.6 Å². The molecule has 2 N–H and O–H groups in total. The van der Waals surface area contributed by atoms with Crippen LogP contribution in [-0.2, 0) is 0 Å². The number of nitrogens with one attached hydrogen (secondary N) is 2. The van der Waals surface area contributed by atoms with E-state index >= 15 is 0 Å². The van der Waals surface area contributed by atoms with Crippen molar-refractivity contribution in [1.29, 1.82) is 0 Å². The van der Waals surface area contributed by atoms with Crippen LogP contribution in [-0.4, -0.2) is 52.1 Å². The highest BCUT2D eigenvalue weighted by atomic mass is 32.1. The molecular weight excluding hydrogens is 457 g/mol. The number of likely N-dealkylation sites (tertiary alicyclic amines) is 1. The van der Waals surface area contributed by atoms with Gasteiger partial charge >= 0.3 is 0 Å². The number of hydrogen-bond acceptors (Lipinski definition) is 6. The molecule has 0 aliphatic carbocycles. The molecular formula is C24H22FN5O3S. The molecule has 1 aliphatic rings. The molecule has 0 spiro atoms. The Morgan fingerprint density at radius 2 is 2.00 bits per heavy atom. The number of rotatable bonds is 5. The van der Waals surface area contributed by atoms with Gasteiger partial charge in [-0.25, -0.2) is 4.39 Å². The van der Waals surface area contributed by atoms with E-state index in [0.717, 1.165) is 34.5 Å². The lowest BCUT2D eigenvalue weighted by atomic mass is 9.98. The van der Waals surface area contributed by atoms with Crippen molar-refractivity contribution in [2.75, 3.05) is 25.5 Å². The smallest absolute Gasteiger partial charge is 0.286 e. The zero-order valence-corrected chi connectivity index (χ0v) is 19.2. The van der Waals surface area contributed by atoms with Gasteiger partial charge in [-0.05, 0) is 55.3 Å². The van der Waals surface area contributed by atoms with E-state index < -0.39 is 5.91 Å². The van der Waals surface area contributed by atoms with Crippen molar-refractivity contribution in [3.8, 4) is 5.75 Å². The summed E-state index contributed by atoms with van der Waals surface area (Å²) in [7, 11) is 1.61. The van der Waals surface area contributed by atoms with E-state index in [9.17, 15) is 14.0 Å². The number of carbonyl (C=O) groups excluding carboxylic acids is 2. The van der Waals surface area contributed by atoms with Crippen molar-refractivity contribution in [3.05, 3.63) is 70.1 Å². The van der Waals surface area contributed by atoms with Gasteiger partial charge in [0.1, 0.15) is 22.3 Å². The van der Waals surface area contributed by atoms with E-state index in [2.05, 4.69) is 20.5 Å². The summed E-state index contributed by atoms with van der Waals surface area (Å²) in [6.07, 6.45) is 1.70. The average Bonchev–Trinajstić information content (AvgIpc) is 3.52. The van der Waals surface area contributed by atoms with Crippen LogP contribution in [0.25, 0.3) is 10.9 Å². The number of benzene rings is 2. The first kappa shape index (κ1) is 22.0. The first-order chi connectivity index (χ1) is 16.5. The Kier molecular flexibility index (Phi) is 5.97. The number of aromatic nitrogens is 3. The van der Waals surface area contributed by atoms with E-state index in [1.807, 2.05) is 29.2 Å². The summed E-state index contributed by atoms with van der Waals surface area (Å²) in [5.41, 5.74) is 1.85. The van der Waals surface area contributed by atoms with E-state index in [1.165, 1.54) is 35.6 Å². The molecule has 1 saturated heterocycles. The van der Waals surface area contributed by atoms with Crippen molar-refractivity contribution < 1.29 is 18.7 Å². The Hall–Kier alpha value is -3.79. The van der Waals surface area contributed by atoms with Crippen LogP contribution >= 0.6 is 11.3 Å². The number of nitrogens with zero attached hydrogens (tertiary/aromatic N) is 3. The van der Waals surface area contributed by atoms with Crippen LogP contribution < -0.4 is 10.1 Å². The molecule has 1 fully saturated rings. The lowest BCUT2D eigenvalue weighted by Gasteiger charge is -2.31. The first-order valence-electron chi connectivity index (χ1n) is 10.9. The van der Waals surface area contributed by atoms with Gasteiger partial charge in [0.05, 0.1) is 7.11 Å². The number of fused-ring (bicyclic) bond motifs is 1. The topological polar surface area (TPSA) is 100 Å². The summed E-state index contributed by atoms with van der Waals surface area (Å²) < 4.78 is 18.3. The summed E-state index contributed by atoms with van der Waals surface area (Å²) in [6.45, 7) is 1.16. The number of piperidine rings is 1. The van der Waals surface area contributed by atoms with Crippen LogP contribution in [0.5, 0.6) is 5.75 Å². The molecule has 5 rings (SSSR count). The van der Waals surface area contributed by atoms with Gasteiger partial charge in [0, 0.05) is 41.7 Å². The third-order valence-corrected chi connectivity index (χ3v) is 6.94. The molecule has 2 amide bonds. The standard InChI is InChI=1S/C24H22FN5O3S/c1-33-18-9-4-14-11-20(27-19(14)12-18)24(32)30-10-2-3-15(13-30)22-28-29-23(34-22)21(31)26-17-7-5-16(25)6-8-17/h4-9,11-12,15,27H,2-3,10,13H2,1H3,(H,26,31). The minimum absolute atomic E-state index is 0.00652. The summed E-state index contributed by atoms with van der Waals surface area (Å²) >= 11 is 1.22. The number of amides is 2. The van der Waals surface area contributed by atoms with Crippen molar-refractivity contribution in [3.63, 3.8) is 0 Å². The van der Waals surface area contributed by atoms with Crippen LogP contribution in [0.4, 0.5) is 10.1 Å². The van der Waals surface area contributed by atoms with Crippen molar-refractivity contribution >= 4 is 39.7 Å². The molecule has 1 unspecified atom stereocenters. The molecule has 2 aromatic heterocycles. The maximum absolute atomic E-state index is 13.2. The minimum atomic E-state index is -0.396. The fourth-order valence-electron chi connectivity index (χ4n) is 4.09. The largest absolute Gasteiger partial charge is 0.497 e. The third kappa shape index (κ3) is 4.49. The monoisotopic (exact) mass is 479 g/mol. The maximum atomic E-state index is 13.2. The Bertz CT molecular complexity index is 1350. The predicted molar refractivity (Wildman–Crippen MR) is 127 cm³/mol. The summed E-state index contributed by atoms with van der Waals surface area (Å²) in [6, 6.07) is 13.0. The van der Waals surface area contributed by atoms with Crippen molar-refractivity contribution in [1.82, 2.24) is 20.1 Å². The third-order valence-electron chi connectivity index (χ3n) is 5.85. The lowest BCUT2D eigenvalue weighted by molar-refractivity contribution is 0.0701. The molecule has 0 bridgehead atoms. The zero-order chi connectivity index (χ0) is 23.7. The number of methoxy groups -OCH3 is 1. The van der Waals surface area contributed by atoms with Gasteiger partial charge in [0.25, 0.3) is 11.8 Å². The fraction of sp³-hybridized carbons (Fsp3) is 0.250. The zero-order valence-electron chi connectivity index (χ0n) is 18.4. The minimum Gasteiger partial charge on any atom is -0.497 e. The molecule has 4 aromatic rings. The van der Waals surface area contributed by atoms with Gasteiger partial charge in [-0.2, -0.15) is 0 Å². The summed E-state index contributed by atoms with van der Waals surface area (Å²) in [5, 5.41) is 12.9. The van der Waals surface area contributed by atoms with Gasteiger partial charge in [-0.15, -0.1) is 10.2 Å². The Morgan fingerprint density at radius 1 is 1.18 bits per heavy atom. The second-order valence-electron chi connectivity index (χ2n) is 8.13. The molecule has 0 saturated carbocycles. The van der Waals surface area contributed by atoms with Crippen molar-refractivity contribution in [2.45, 2.75) is 18.8 Å². The van der Waals surface area contributed by atoms with Gasteiger partial charge in [-0.1, -0.05) is 11.3 Å². The Labute approximate surface area is 198 Å². The van der Waals surface area contributed by atoms with E-state index in [4.69, 9.17) is 4.74 Å². The summed E-state index contributed by atoms with van der Waals surface area (Å²) in [4.78, 5) is 30.7.